The van der Waals surface area contributed by atoms with E-state index in [1.165, 1.54) is 141 Å². The van der Waals surface area contributed by atoms with Gasteiger partial charge in [0.2, 0.25) is 0 Å². The number of carbonyl (C=O) groups is 2. The molecule has 0 aromatic carbocycles. The molecule has 0 saturated carbocycles. The van der Waals surface area contributed by atoms with Crippen molar-refractivity contribution in [3.05, 3.63) is 24.3 Å². The van der Waals surface area contributed by atoms with Gasteiger partial charge in [0.25, 0.3) is 0 Å². The minimum atomic E-state index is -0.699. The maximum absolute atomic E-state index is 12.7. The number of hydrogen-bond acceptors (Lipinski definition) is 3. The summed E-state index contributed by atoms with van der Waals surface area (Å²) in [6.45, 7) is 4.54. The molecular weight excluding hydrogens is 592 g/mol. The average Bonchev–Trinajstić information content (AvgIpc) is 3.07. The second kappa shape index (κ2) is 39.9. The minimum absolute atomic E-state index is 0.00137. The summed E-state index contributed by atoms with van der Waals surface area (Å²) in [5.41, 5.74) is 0. The van der Waals surface area contributed by atoms with Gasteiger partial charge in [-0.2, -0.15) is 0 Å². The maximum Gasteiger partial charge on any atom is 0.306 e. The van der Waals surface area contributed by atoms with Crippen LogP contribution in [-0.2, 0) is 14.3 Å². The summed E-state index contributed by atoms with van der Waals surface area (Å²) in [6, 6.07) is 0. The monoisotopic (exact) mass is 675 g/mol. The maximum atomic E-state index is 12.7. The summed E-state index contributed by atoms with van der Waals surface area (Å²) in [5.74, 6) is -0.700. The molecule has 282 valence electrons. The highest BCUT2D eigenvalue weighted by Gasteiger charge is 2.14. The predicted molar refractivity (Wildman–Crippen MR) is 209 cm³/mol. The van der Waals surface area contributed by atoms with Gasteiger partial charge in [0.05, 0.1) is 0 Å². The number of ether oxygens (including phenoxy) is 1. The molecule has 1 unspecified atom stereocenters. The van der Waals surface area contributed by atoms with Gasteiger partial charge in [-0.15, -0.1) is 0 Å². The molecule has 0 aliphatic heterocycles. The van der Waals surface area contributed by atoms with E-state index in [0.29, 0.717) is 6.42 Å². The molecule has 0 spiro atoms. The molecule has 0 aromatic rings. The Morgan fingerprint density at radius 3 is 1.25 bits per heavy atom. The van der Waals surface area contributed by atoms with Crippen LogP contribution < -0.4 is 0 Å². The molecule has 4 heteroatoms. The van der Waals surface area contributed by atoms with Crippen LogP contribution in [0, 0.1) is 0 Å². The van der Waals surface area contributed by atoms with Crippen molar-refractivity contribution in [1.82, 2.24) is 0 Å². The lowest BCUT2D eigenvalue weighted by molar-refractivity contribution is -0.150. The van der Waals surface area contributed by atoms with Gasteiger partial charge in [0.1, 0.15) is 6.10 Å². The average molecular weight is 675 g/mol. The van der Waals surface area contributed by atoms with Crippen molar-refractivity contribution >= 4 is 11.9 Å². The van der Waals surface area contributed by atoms with E-state index in [1.54, 1.807) is 0 Å². The molecule has 0 aromatic heterocycles. The van der Waals surface area contributed by atoms with Gasteiger partial charge < -0.3 is 9.84 Å². The van der Waals surface area contributed by atoms with E-state index in [1.807, 2.05) is 0 Å². The molecule has 0 radical (unpaired) electrons. The summed E-state index contributed by atoms with van der Waals surface area (Å²) < 4.78 is 6.02. The molecule has 0 aliphatic carbocycles. The molecular formula is C44H82O4. The van der Waals surface area contributed by atoms with Crippen molar-refractivity contribution < 1.29 is 19.4 Å². The Labute approximate surface area is 299 Å². The van der Waals surface area contributed by atoms with Crippen LogP contribution in [0.4, 0.5) is 0 Å². The highest BCUT2D eigenvalue weighted by atomic mass is 16.5. The molecule has 1 atom stereocenters. The van der Waals surface area contributed by atoms with Crippen molar-refractivity contribution in [2.45, 2.75) is 245 Å². The van der Waals surface area contributed by atoms with Gasteiger partial charge in [-0.05, 0) is 70.6 Å². The van der Waals surface area contributed by atoms with Crippen LogP contribution >= 0.6 is 0 Å². The fourth-order valence-electron chi connectivity index (χ4n) is 6.51. The highest BCUT2D eigenvalue weighted by molar-refractivity contribution is 5.69. The molecule has 0 rings (SSSR count). The van der Waals surface area contributed by atoms with Crippen molar-refractivity contribution in [2.75, 3.05) is 0 Å². The first-order chi connectivity index (χ1) is 23.6. The fraction of sp³-hybridized carbons (Fsp3) is 0.864. The largest absolute Gasteiger partial charge is 0.481 e. The summed E-state index contributed by atoms with van der Waals surface area (Å²) in [7, 11) is 0. The third kappa shape index (κ3) is 38.9. The number of allylic oxidation sites excluding steroid dienone is 4. The lowest BCUT2D eigenvalue weighted by Gasteiger charge is -2.18. The Morgan fingerprint density at radius 1 is 0.458 bits per heavy atom. The topological polar surface area (TPSA) is 63.6 Å². The van der Waals surface area contributed by atoms with Crippen molar-refractivity contribution in [2.24, 2.45) is 0 Å². The van der Waals surface area contributed by atoms with E-state index in [0.717, 1.165) is 70.6 Å². The zero-order chi connectivity index (χ0) is 35.0. The van der Waals surface area contributed by atoms with Crippen molar-refractivity contribution in [3.8, 4) is 0 Å². The summed E-state index contributed by atoms with van der Waals surface area (Å²) in [5, 5.41) is 8.83. The molecule has 0 bridgehead atoms. The molecule has 0 aliphatic rings. The number of hydrogen-bond donors (Lipinski definition) is 1. The normalized spacial score (nSPS) is 12.4. The van der Waals surface area contributed by atoms with Gasteiger partial charge >= 0.3 is 11.9 Å². The predicted octanol–water partition coefficient (Wildman–Crippen LogP) is 14.8. The number of carboxylic acids is 1. The summed E-state index contributed by atoms with van der Waals surface area (Å²) in [4.78, 5) is 23.4. The highest BCUT2D eigenvalue weighted by Crippen LogP contribution is 2.19. The minimum Gasteiger partial charge on any atom is -0.481 e. The third-order valence-corrected chi connectivity index (χ3v) is 9.68. The zero-order valence-corrected chi connectivity index (χ0v) is 32.3. The van der Waals surface area contributed by atoms with Crippen LogP contribution in [-0.4, -0.2) is 23.1 Å². The Kier molecular flexibility index (Phi) is 38.5. The molecule has 0 heterocycles. The number of rotatable bonds is 39. The van der Waals surface area contributed by atoms with Gasteiger partial charge in [-0.3, -0.25) is 9.59 Å². The van der Waals surface area contributed by atoms with E-state index in [-0.39, 0.29) is 18.5 Å². The van der Waals surface area contributed by atoms with E-state index in [4.69, 9.17) is 9.84 Å². The van der Waals surface area contributed by atoms with Crippen molar-refractivity contribution in [1.29, 1.82) is 0 Å². The summed E-state index contributed by atoms with van der Waals surface area (Å²) in [6.07, 6.45) is 50.6. The van der Waals surface area contributed by atoms with E-state index in [9.17, 15) is 9.59 Å². The summed E-state index contributed by atoms with van der Waals surface area (Å²) >= 11 is 0. The van der Waals surface area contributed by atoms with Crippen LogP contribution in [0.15, 0.2) is 24.3 Å². The Morgan fingerprint density at radius 2 is 0.812 bits per heavy atom. The van der Waals surface area contributed by atoms with Crippen LogP contribution in [0.5, 0.6) is 0 Å². The van der Waals surface area contributed by atoms with E-state index in [2.05, 4.69) is 38.2 Å². The number of carboxylic acid groups (broad SMARTS) is 1. The first kappa shape index (κ1) is 46.4. The molecule has 48 heavy (non-hydrogen) atoms. The fourth-order valence-corrected chi connectivity index (χ4v) is 6.51. The molecule has 0 saturated heterocycles. The van der Waals surface area contributed by atoms with Gasteiger partial charge in [0, 0.05) is 12.8 Å². The Hall–Kier alpha value is -1.58. The quantitative estimate of drug-likeness (QED) is 0.0400. The third-order valence-electron chi connectivity index (χ3n) is 9.68. The van der Waals surface area contributed by atoms with E-state index >= 15 is 0 Å². The molecule has 4 nitrogen and oxygen atoms in total. The first-order valence-electron chi connectivity index (χ1n) is 21.3. The van der Waals surface area contributed by atoms with Crippen LogP contribution in [0.3, 0.4) is 0 Å². The first-order valence-corrected chi connectivity index (χ1v) is 21.3. The molecule has 0 fully saturated rings. The molecule has 0 amide bonds. The van der Waals surface area contributed by atoms with E-state index < -0.39 is 5.97 Å². The van der Waals surface area contributed by atoms with Crippen molar-refractivity contribution in [3.63, 3.8) is 0 Å². The number of carbonyl (C=O) groups excluding carboxylic acids is 1. The SMILES string of the molecule is CCCCCC/C=C\C/C=C\CCCCCCCCCC(=O)OC(CCCCCCCCCCCCCC)CCCCCCCC(=O)O. The van der Waals surface area contributed by atoms with Crippen LogP contribution in [0.2, 0.25) is 0 Å². The second-order valence-corrected chi connectivity index (χ2v) is 14.5. The second-order valence-electron chi connectivity index (χ2n) is 14.5. The van der Waals surface area contributed by atoms with Gasteiger partial charge in [-0.1, -0.05) is 179 Å². The number of unbranched alkanes of at least 4 members (excludes halogenated alkanes) is 26. The van der Waals surface area contributed by atoms with Gasteiger partial charge in [-0.25, -0.2) is 0 Å². The van der Waals surface area contributed by atoms with Crippen LogP contribution in [0.25, 0.3) is 0 Å². The number of esters is 1. The smallest absolute Gasteiger partial charge is 0.306 e. The lowest BCUT2D eigenvalue weighted by atomic mass is 10.0. The standard InChI is InChI=1S/C44H82O4/c1-3-5-7-9-11-13-15-17-18-19-20-21-22-24-26-28-33-37-41-44(47)48-42(39-35-31-29-32-36-40-43(45)46)38-34-30-27-25-23-16-14-12-10-8-6-4-2/h13,15,18-19,42H,3-12,14,16-17,20-41H2,1-2H3,(H,45,46)/b15-13-,19-18-. The molecule has 1 N–H and O–H groups in total. The van der Waals surface area contributed by atoms with Gasteiger partial charge in [0.15, 0.2) is 0 Å². The van der Waals surface area contributed by atoms with Crippen LogP contribution in [0.1, 0.15) is 239 Å². The lowest BCUT2D eigenvalue weighted by Crippen LogP contribution is -2.18. The Balaban J connectivity index is 3.99. The zero-order valence-electron chi connectivity index (χ0n) is 32.3. The number of aliphatic carboxylic acids is 1. The Bertz CT molecular complexity index is 727.